The van der Waals surface area contributed by atoms with Gasteiger partial charge in [-0.05, 0) is 25.5 Å². The Morgan fingerprint density at radius 2 is 1.73 bits per heavy atom. The van der Waals surface area contributed by atoms with E-state index in [1.165, 1.54) is 13.0 Å². The van der Waals surface area contributed by atoms with Crippen molar-refractivity contribution in [3.05, 3.63) is 41.0 Å². The van der Waals surface area contributed by atoms with Crippen LogP contribution in [0.4, 0.5) is 0 Å². The van der Waals surface area contributed by atoms with Crippen molar-refractivity contribution in [3.63, 3.8) is 0 Å². The molecule has 0 aromatic heterocycles. The molecule has 1 aromatic carbocycles. The molecule has 0 radical (unpaired) electrons. The van der Waals surface area contributed by atoms with Crippen molar-refractivity contribution in [3.8, 4) is 0 Å². The van der Waals surface area contributed by atoms with Crippen LogP contribution < -0.4 is 0 Å². The molecule has 0 aliphatic heterocycles. The first-order valence-corrected chi connectivity index (χ1v) is 4.53. The van der Waals surface area contributed by atoms with Crippen molar-refractivity contribution >= 4 is 17.8 Å². The highest BCUT2D eigenvalue weighted by Gasteiger charge is 2.11. The van der Waals surface area contributed by atoms with E-state index in [2.05, 4.69) is 0 Å². The summed E-state index contributed by atoms with van der Waals surface area (Å²) in [7, 11) is 0. The number of carboxylic acid groups (broad SMARTS) is 1. The van der Waals surface area contributed by atoms with Crippen LogP contribution in [0.5, 0.6) is 0 Å². The second kappa shape index (κ2) is 4.55. The van der Waals surface area contributed by atoms with Gasteiger partial charge < -0.3 is 5.11 Å². The topological polar surface area (TPSA) is 54.4 Å². The Kier molecular flexibility index (Phi) is 3.39. The van der Waals surface area contributed by atoms with Crippen LogP contribution >= 0.6 is 0 Å². The molecule has 0 aliphatic carbocycles. The number of carbonyl (C=O) groups excluding carboxylic acids is 1. The summed E-state index contributed by atoms with van der Waals surface area (Å²) in [5.41, 5.74) is 1.61. The molecule has 1 N–H and O–H groups in total. The van der Waals surface area contributed by atoms with Crippen LogP contribution in [0.25, 0.3) is 6.08 Å². The second-order valence-corrected chi connectivity index (χ2v) is 3.33. The van der Waals surface area contributed by atoms with Gasteiger partial charge in [-0.3, -0.25) is 4.79 Å². The Morgan fingerprint density at radius 3 is 2.13 bits per heavy atom. The monoisotopic (exact) mass is 204 g/mol. The number of aliphatic carboxylic acids is 1. The number of aryl methyl sites for hydroxylation is 1. The van der Waals surface area contributed by atoms with E-state index in [9.17, 15) is 9.59 Å². The normalized spacial score (nSPS) is 11.2. The zero-order valence-electron chi connectivity index (χ0n) is 8.65. The maximum Gasteiger partial charge on any atom is 0.339 e. The van der Waals surface area contributed by atoms with Crippen LogP contribution in [-0.2, 0) is 9.59 Å². The quantitative estimate of drug-likeness (QED) is 0.465. The predicted molar refractivity (Wildman–Crippen MR) is 57.5 cm³/mol. The fourth-order valence-corrected chi connectivity index (χ4v) is 1.14. The van der Waals surface area contributed by atoms with Crippen molar-refractivity contribution in [2.24, 2.45) is 0 Å². The summed E-state index contributed by atoms with van der Waals surface area (Å²) >= 11 is 0. The van der Waals surface area contributed by atoms with E-state index >= 15 is 0 Å². The van der Waals surface area contributed by atoms with Crippen LogP contribution in [0.3, 0.4) is 0 Å². The van der Waals surface area contributed by atoms with Crippen molar-refractivity contribution in [2.45, 2.75) is 13.8 Å². The molecule has 3 nitrogen and oxygen atoms in total. The van der Waals surface area contributed by atoms with Crippen LogP contribution in [0.2, 0.25) is 0 Å². The number of hydrogen-bond donors (Lipinski definition) is 1. The number of benzene rings is 1. The summed E-state index contributed by atoms with van der Waals surface area (Å²) in [6.07, 6.45) is 1.38. The van der Waals surface area contributed by atoms with E-state index in [0.29, 0.717) is 5.56 Å². The number of carbonyl (C=O) groups is 2. The molecule has 15 heavy (non-hydrogen) atoms. The van der Waals surface area contributed by atoms with Gasteiger partial charge >= 0.3 is 5.97 Å². The highest BCUT2D eigenvalue weighted by molar-refractivity contribution is 6.19. The first-order valence-electron chi connectivity index (χ1n) is 4.53. The van der Waals surface area contributed by atoms with Crippen molar-refractivity contribution in [2.75, 3.05) is 0 Å². The molecule has 0 aliphatic rings. The Bertz CT molecular complexity index is 397. The molecule has 0 spiro atoms. The minimum Gasteiger partial charge on any atom is -0.478 e. The van der Waals surface area contributed by atoms with E-state index in [1.54, 1.807) is 12.1 Å². The molecular formula is C12H12O3. The molecule has 1 rings (SSSR count). The zero-order valence-corrected chi connectivity index (χ0v) is 8.65. The lowest BCUT2D eigenvalue weighted by molar-refractivity contribution is -0.134. The van der Waals surface area contributed by atoms with E-state index in [0.717, 1.165) is 5.56 Å². The van der Waals surface area contributed by atoms with Gasteiger partial charge in [0.05, 0.1) is 0 Å². The summed E-state index contributed by atoms with van der Waals surface area (Å²) in [5.74, 6) is -1.63. The highest BCUT2D eigenvalue weighted by Crippen LogP contribution is 2.09. The molecule has 0 fully saturated rings. The third-order valence-electron chi connectivity index (χ3n) is 2.00. The van der Waals surface area contributed by atoms with Crippen LogP contribution in [0.15, 0.2) is 29.8 Å². The van der Waals surface area contributed by atoms with Gasteiger partial charge in [0, 0.05) is 0 Å². The Hall–Kier alpha value is -1.90. The summed E-state index contributed by atoms with van der Waals surface area (Å²) in [4.78, 5) is 21.7. The second-order valence-electron chi connectivity index (χ2n) is 3.33. The number of ketones is 1. The molecule has 78 valence electrons. The first kappa shape index (κ1) is 11.2. The maximum absolute atomic E-state index is 11.0. The predicted octanol–water partition coefficient (Wildman–Crippen LogP) is 2.05. The molecule has 0 unspecified atom stereocenters. The molecule has 0 amide bonds. The Labute approximate surface area is 88.0 Å². The van der Waals surface area contributed by atoms with E-state index in [1.807, 2.05) is 19.1 Å². The number of rotatable bonds is 3. The number of carboxylic acids is 1. The standard InChI is InChI=1S/C12H12O3/c1-8-3-5-10(6-4-8)7-11(9(2)13)12(14)15/h3-7H,1-2H3,(H,14,15)/b11-7+. The maximum atomic E-state index is 11.0. The van der Waals surface area contributed by atoms with E-state index in [4.69, 9.17) is 5.11 Å². The lowest BCUT2D eigenvalue weighted by Gasteiger charge is -1.98. The average Bonchev–Trinajstić information content (AvgIpc) is 2.15. The molecule has 0 saturated carbocycles. The van der Waals surface area contributed by atoms with Crippen LogP contribution in [0.1, 0.15) is 18.1 Å². The molecule has 0 atom stereocenters. The van der Waals surface area contributed by atoms with Crippen molar-refractivity contribution < 1.29 is 14.7 Å². The fraction of sp³-hybridized carbons (Fsp3) is 0.167. The van der Waals surface area contributed by atoms with Crippen LogP contribution in [-0.4, -0.2) is 16.9 Å². The zero-order chi connectivity index (χ0) is 11.4. The van der Waals surface area contributed by atoms with Crippen molar-refractivity contribution in [1.29, 1.82) is 0 Å². The van der Waals surface area contributed by atoms with Crippen molar-refractivity contribution in [1.82, 2.24) is 0 Å². The summed E-state index contributed by atoms with van der Waals surface area (Å²) in [6.45, 7) is 3.19. The summed E-state index contributed by atoms with van der Waals surface area (Å²) in [5, 5.41) is 8.77. The molecule has 1 aromatic rings. The van der Waals surface area contributed by atoms with Crippen LogP contribution in [0, 0.1) is 6.92 Å². The molecule has 0 bridgehead atoms. The first-order chi connectivity index (χ1) is 7.00. The number of Topliss-reactive ketones (excluding diaryl/α,β-unsaturated/α-hetero) is 1. The highest BCUT2D eigenvalue weighted by atomic mass is 16.4. The minimum absolute atomic E-state index is 0.196. The van der Waals surface area contributed by atoms with Gasteiger partial charge in [-0.25, -0.2) is 4.79 Å². The van der Waals surface area contributed by atoms with Gasteiger partial charge in [0.25, 0.3) is 0 Å². The molecule has 0 heterocycles. The van der Waals surface area contributed by atoms with Gasteiger partial charge in [-0.1, -0.05) is 29.8 Å². The minimum atomic E-state index is -1.19. The average molecular weight is 204 g/mol. The fourth-order valence-electron chi connectivity index (χ4n) is 1.14. The molecular weight excluding hydrogens is 192 g/mol. The SMILES string of the molecule is CC(=O)/C(=C\c1ccc(C)cc1)C(=O)O. The van der Waals surface area contributed by atoms with Gasteiger partial charge in [0.1, 0.15) is 5.57 Å². The van der Waals surface area contributed by atoms with Gasteiger partial charge in [-0.2, -0.15) is 0 Å². The number of hydrogen-bond acceptors (Lipinski definition) is 2. The van der Waals surface area contributed by atoms with E-state index < -0.39 is 11.8 Å². The molecule has 3 heteroatoms. The molecule has 0 saturated heterocycles. The van der Waals surface area contributed by atoms with Gasteiger partial charge in [0.2, 0.25) is 0 Å². The lowest BCUT2D eigenvalue weighted by atomic mass is 10.1. The third kappa shape index (κ3) is 3.06. The Morgan fingerprint density at radius 1 is 1.20 bits per heavy atom. The van der Waals surface area contributed by atoms with Gasteiger partial charge in [0.15, 0.2) is 5.78 Å². The summed E-state index contributed by atoms with van der Waals surface area (Å²) < 4.78 is 0. The Balaban J connectivity index is 3.08. The van der Waals surface area contributed by atoms with E-state index in [-0.39, 0.29) is 5.57 Å². The smallest absolute Gasteiger partial charge is 0.339 e. The summed E-state index contributed by atoms with van der Waals surface area (Å²) in [6, 6.07) is 7.29. The lowest BCUT2D eigenvalue weighted by Crippen LogP contribution is -2.08. The van der Waals surface area contributed by atoms with Gasteiger partial charge in [-0.15, -0.1) is 0 Å². The third-order valence-corrected chi connectivity index (χ3v) is 2.00. The largest absolute Gasteiger partial charge is 0.478 e.